The second-order valence-electron chi connectivity index (χ2n) is 4.39. The highest BCUT2D eigenvalue weighted by Gasteiger charge is 2.28. The van der Waals surface area contributed by atoms with Crippen LogP contribution in [-0.2, 0) is 0 Å². The quantitative estimate of drug-likeness (QED) is 0.618. The minimum Gasteiger partial charge on any atom is -0.393 e. The summed E-state index contributed by atoms with van der Waals surface area (Å²) >= 11 is 0. The minimum absolute atomic E-state index is 0.0289. The molecule has 0 aromatic heterocycles. The van der Waals surface area contributed by atoms with Crippen molar-refractivity contribution < 1.29 is 5.11 Å². The Kier molecular flexibility index (Phi) is 2.94. The van der Waals surface area contributed by atoms with Gasteiger partial charge in [-0.25, -0.2) is 0 Å². The van der Waals surface area contributed by atoms with Gasteiger partial charge in [0.2, 0.25) is 0 Å². The number of aliphatic hydroxyl groups is 1. The van der Waals surface area contributed by atoms with E-state index in [1.165, 1.54) is 12.8 Å². The van der Waals surface area contributed by atoms with Gasteiger partial charge in [-0.2, -0.15) is 0 Å². The highest BCUT2D eigenvalue weighted by atomic mass is 16.3. The van der Waals surface area contributed by atoms with E-state index in [2.05, 4.69) is 20.8 Å². The van der Waals surface area contributed by atoms with Gasteiger partial charge in [0.05, 0.1) is 6.10 Å². The van der Waals surface area contributed by atoms with Crippen molar-refractivity contribution in [1.29, 1.82) is 0 Å². The first-order valence-corrected chi connectivity index (χ1v) is 4.79. The standard InChI is InChI=1S/C10H20O/c1-7(2)9-5-4-8(3)6-10(9)11/h7-11H,4-6H2,1-3H3/t8-,9+,10?/m1/s1. The summed E-state index contributed by atoms with van der Waals surface area (Å²) in [7, 11) is 0. The molecule has 0 heterocycles. The molecule has 1 aliphatic rings. The van der Waals surface area contributed by atoms with E-state index in [0.29, 0.717) is 11.8 Å². The molecule has 1 saturated carbocycles. The van der Waals surface area contributed by atoms with Crippen LogP contribution in [0, 0.1) is 17.8 Å². The molecule has 1 aliphatic carbocycles. The third-order valence-corrected chi connectivity index (χ3v) is 2.99. The highest BCUT2D eigenvalue weighted by molar-refractivity contribution is 4.79. The third-order valence-electron chi connectivity index (χ3n) is 2.99. The molecule has 0 aromatic rings. The SMILES string of the molecule is CC(C)[C@@H]1CC[C@@H](C)CC1O. The van der Waals surface area contributed by atoms with E-state index in [1.807, 2.05) is 0 Å². The minimum atomic E-state index is -0.0289. The Hall–Kier alpha value is -0.0400. The van der Waals surface area contributed by atoms with E-state index >= 15 is 0 Å². The molecule has 1 N–H and O–H groups in total. The van der Waals surface area contributed by atoms with Crippen LogP contribution in [0.3, 0.4) is 0 Å². The molecule has 1 unspecified atom stereocenters. The first-order valence-electron chi connectivity index (χ1n) is 4.79. The molecule has 0 spiro atoms. The summed E-state index contributed by atoms with van der Waals surface area (Å²) in [6.45, 7) is 6.66. The smallest absolute Gasteiger partial charge is 0.0573 e. The predicted octanol–water partition coefficient (Wildman–Crippen LogP) is 2.44. The molecule has 0 aromatic carbocycles. The van der Waals surface area contributed by atoms with Crippen molar-refractivity contribution in [2.24, 2.45) is 17.8 Å². The van der Waals surface area contributed by atoms with Crippen molar-refractivity contribution in [2.75, 3.05) is 0 Å². The van der Waals surface area contributed by atoms with E-state index in [1.54, 1.807) is 0 Å². The normalized spacial score (nSPS) is 39.5. The maximum Gasteiger partial charge on any atom is 0.0573 e. The Morgan fingerprint density at radius 1 is 1.27 bits per heavy atom. The van der Waals surface area contributed by atoms with Gasteiger partial charge in [0.25, 0.3) is 0 Å². The molecule has 1 fully saturated rings. The van der Waals surface area contributed by atoms with Gasteiger partial charge in [-0.05, 0) is 30.6 Å². The van der Waals surface area contributed by atoms with Gasteiger partial charge < -0.3 is 5.11 Å². The van der Waals surface area contributed by atoms with Crippen LogP contribution in [-0.4, -0.2) is 11.2 Å². The maximum absolute atomic E-state index is 9.71. The molecule has 0 bridgehead atoms. The zero-order valence-corrected chi connectivity index (χ0v) is 7.88. The monoisotopic (exact) mass is 156 g/mol. The molecule has 1 nitrogen and oxygen atoms in total. The molecule has 1 heteroatoms. The van der Waals surface area contributed by atoms with Gasteiger partial charge >= 0.3 is 0 Å². The molecule has 0 saturated heterocycles. The van der Waals surface area contributed by atoms with Crippen molar-refractivity contribution in [3.8, 4) is 0 Å². The average Bonchev–Trinajstić information content (AvgIpc) is 1.85. The number of aliphatic hydroxyl groups excluding tert-OH is 1. The van der Waals surface area contributed by atoms with Gasteiger partial charge in [-0.15, -0.1) is 0 Å². The average molecular weight is 156 g/mol. The lowest BCUT2D eigenvalue weighted by Gasteiger charge is -2.33. The molecule has 66 valence electrons. The van der Waals surface area contributed by atoms with E-state index in [-0.39, 0.29) is 6.10 Å². The van der Waals surface area contributed by atoms with Gasteiger partial charge in [-0.3, -0.25) is 0 Å². The van der Waals surface area contributed by atoms with Crippen LogP contribution in [0.4, 0.5) is 0 Å². The number of hydrogen-bond acceptors (Lipinski definition) is 1. The zero-order valence-electron chi connectivity index (χ0n) is 7.88. The summed E-state index contributed by atoms with van der Waals surface area (Å²) in [5.41, 5.74) is 0. The van der Waals surface area contributed by atoms with Crippen molar-refractivity contribution in [3.63, 3.8) is 0 Å². The lowest BCUT2D eigenvalue weighted by molar-refractivity contribution is 0.0266. The molecule has 11 heavy (non-hydrogen) atoms. The second-order valence-corrected chi connectivity index (χ2v) is 4.39. The lowest BCUT2D eigenvalue weighted by atomic mass is 9.75. The van der Waals surface area contributed by atoms with Gasteiger partial charge in [-0.1, -0.05) is 27.2 Å². The van der Waals surface area contributed by atoms with Crippen LogP contribution >= 0.6 is 0 Å². The first-order chi connectivity index (χ1) is 5.11. The predicted molar refractivity (Wildman–Crippen MR) is 47.3 cm³/mol. The zero-order chi connectivity index (χ0) is 8.43. The maximum atomic E-state index is 9.71. The van der Waals surface area contributed by atoms with E-state index in [4.69, 9.17) is 0 Å². The fourth-order valence-electron chi connectivity index (χ4n) is 2.15. The van der Waals surface area contributed by atoms with Crippen LogP contribution in [0.1, 0.15) is 40.0 Å². The molecule has 1 rings (SSSR count). The van der Waals surface area contributed by atoms with E-state index < -0.39 is 0 Å². The Morgan fingerprint density at radius 2 is 1.91 bits per heavy atom. The molecular formula is C10H20O. The summed E-state index contributed by atoms with van der Waals surface area (Å²) in [4.78, 5) is 0. The summed E-state index contributed by atoms with van der Waals surface area (Å²) < 4.78 is 0. The van der Waals surface area contributed by atoms with Crippen molar-refractivity contribution in [1.82, 2.24) is 0 Å². The molecule has 0 radical (unpaired) electrons. The van der Waals surface area contributed by atoms with Gasteiger partial charge in [0.1, 0.15) is 0 Å². The molecule has 0 amide bonds. The largest absolute Gasteiger partial charge is 0.393 e. The summed E-state index contributed by atoms with van der Waals surface area (Å²) in [6.07, 6.45) is 3.52. The Labute approximate surface area is 69.8 Å². The van der Waals surface area contributed by atoms with Crippen LogP contribution in [0.2, 0.25) is 0 Å². The van der Waals surface area contributed by atoms with Gasteiger partial charge in [0.15, 0.2) is 0 Å². The van der Waals surface area contributed by atoms with Crippen molar-refractivity contribution in [3.05, 3.63) is 0 Å². The van der Waals surface area contributed by atoms with E-state index in [0.717, 1.165) is 12.3 Å². The van der Waals surface area contributed by atoms with Crippen molar-refractivity contribution in [2.45, 2.75) is 46.1 Å². The Morgan fingerprint density at radius 3 is 2.36 bits per heavy atom. The first kappa shape index (κ1) is 9.05. The summed E-state index contributed by atoms with van der Waals surface area (Å²) in [5, 5.41) is 9.71. The number of rotatable bonds is 1. The third kappa shape index (κ3) is 2.19. The second kappa shape index (κ2) is 3.57. The fourth-order valence-corrected chi connectivity index (χ4v) is 2.15. The summed E-state index contributed by atoms with van der Waals surface area (Å²) in [6, 6.07) is 0. The van der Waals surface area contributed by atoms with Crippen LogP contribution in [0.25, 0.3) is 0 Å². The van der Waals surface area contributed by atoms with Crippen LogP contribution in [0.15, 0.2) is 0 Å². The Bertz CT molecular complexity index is 120. The molecular weight excluding hydrogens is 136 g/mol. The topological polar surface area (TPSA) is 20.2 Å². The summed E-state index contributed by atoms with van der Waals surface area (Å²) in [5.74, 6) is 1.95. The van der Waals surface area contributed by atoms with Crippen LogP contribution in [0.5, 0.6) is 0 Å². The van der Waals surface area contributed by atoms with Gasteiger partial charge in [0, 0.05) is 0 Å². The number of hydrogen-bond donors (Lipinski definition) is 1. The van der Waals surface area contributed by atoms with E-state index in [9.17, 15) is 5.11 Å². The highest BCUT2D eigenvalue weighted by Crippen LogP contribution is 2.33. The molecule has 0 aliphatic heterocycles. The van der Waals surface area contributed by atoms with Crippen molar-refractivity contribution >= 4 is 0 Å². The molecule has 3 atom stereocenters. The lowest BCUT2D eigenvalue weighted by Crippen LogP contribution is -2.31. The fraction of sp³-hybridized carbons (Fsp3) is 1.00. The Balaban J connectivity index is 2.44. The van der Waals surface area contributed by atoms with Crippen LogP contribution < -0.4 is 0 Å².